The van der Waals surface area contributed by atoms with Crippen LogP contribution < -0.4 is 5.32 Å². The zero-order valence-electron chi connectivity index (χ0n) is 17.0. The van der Waals surface area contributed by atoms with Crippen LogP contribution in [0.25, 0.3) is 0 Å². The maximum absolute atomic E-state index is 11.2. The van der Waals surface area contributed by atoms with E-state index in [1.165, 1.54) is 30.5 Å². The third kappa shape index (κ3) is 5.46. The predicted molar refractivity (Wildman–Crippen MR) is 116 cm³/mol. The molecule has 2 aromatic rings. The first-order chi connectivity index (χ1) is 14.2. The Bertz CT molecular complexity index is 780. The number of aliphatic carboxylic acids is 1. The van der Waals surface area contributed by atoms with Gasteiger partial charge in [0.2, 0.25) is 0 Å². The number of nitrogens with zero attached hydrogens (tertiary/aromatic N) is 1. The molecule has 4 heteroatoms. The summed E-state index contributed by atoms with van der Waals surface area (Å²) in [4.78, 5) is 13.8. The quantitative estimate of drug-likeness (QED) is 0.678. The molecule has 154 valence electrons. The van der Waals surface area contributed by atoms with Crippen LogP contribution in [0.5, 0.6) is 0 Å². The first-order valence-corrected chi connectivity index (χ1v) is 11.0. The zero-order chi connectivity index (χ0) is 20.1. The number of carboxylic acids is 1. The molecule has 0 bridgehead atoms. The van der Waals surface area contributed by atoms with E-state index in [0.29, 0.717) is 18.4 Å². The van der Waals surface area contributed by atoms with Crippen LogP contribution in [0.3, 0.4) is 0 Å². The van der Waals surface area contributed by atoms with E-state index < -0.39 is 5.97 Å². The molecule has 4 nitrogen and oxygen atoms in total. The standard InChI is InChI=1S/C25H32N2O2/c28-25(29)14-12-22(15-19-7-3-1-4-8-19)26-24-13-11-21-17-27(18-23(21)24)16-20-9-5-2-6-10-20/h1-10,21-24,26H,11-18H2,(H,28,29). The molecule has 2 fully saturated rings. The number of hydrogen-bond donors (Lipinski definition) is 2. The maximum Gasteiger partial charge on any atom is 0.303 e. The van der Waals surface area contributed by atoms with Crippen molar-refractivity contribution in [3.63, 3.8) is 0 Å². The van der Waals surface area contributed by atoms with E-state index in [1.54, 1.807) is 0 Å². The SMILES string of the molecule is O=C(O)CCC(Cc1ccccc1)NC1CCC2CN(Cc3ccccc3)CC21. The van der Waals surface area contributed by atoms with Gasteiger partial charge in [0.25, 0.3) is 0 Å². The molecule has 0 aromatic heterocycles. The van der Waals surface area contributed by atoms with Crippen LogP contribution in [0, 0.1) is 11.8 Å². The summed E-state index contributed by atoms with van der Waals surface area (Å²) >= 11 is 0. The predicted octanol–water partition coefficient (Wildman–Crippen LogP) is 3.96. The molecule has 1 aliphatic carbocycles. The number of fused-ring (bicyclic) bond motifs is 1. The number of nitrogens with one attached hydrogen (secondary N) is 1. The molecule has 1 aliphatic heterocycles. The minimum Gasteiger partial charge on any atom is -0.481 e. The lowest BCUT2D eigenvalue weighted by Crippen LogP contribution is -2.43. The van der Waals surface area contributed by atoms with Gasteiger partial charge in [0.15, 0.2) is 0 Å². The van der Waals surface area contributed by atoms with Crippen LogP contribution in [0.4, 0.5) is 0 Å². The van der Waals surface area contributed by atoms with Gasteiger partial charge in [-0.3, -0.25) is 9.69 Å². The fourth-order valence-electron chi connectivity index (χ4n) is 5.28. The van der Waals surface area contributed by atoms with Gasteiger partial charge >= 0.3 is 5.97 Å². The summed E-state index contributed by atoms with van der Waals surface area (Å²) in [6, 6.07) is 21.9. The first kappa shape index (κ1) is 20.1. The first-order valence-electron chi connectivity index (χ1n) is 11.0. The molecule has 2 N–H and O–H groups in total. The summed E-state index contributed by atoms with van der Waals surface area (Å²) in [5.41, 5.74) is 2.67. The molecule has 0 spiro atoms. The van der Waals surface area contributed by atoms with Crippen LogP contribution in [0.1, 0.15) is 36.8 Å². The number of carbonyl (C=O) groups is 1. The van der Waals surface area contributed by atoms with Gasteiger partial charge in [-0.1, -0.05) is 60.7 Å². The van der Waals surface area contributed by atoms with Crippen molar-refractivity contribution in [2.45, 2.75) is 50.7 Å². The third-order valence-corrected chi connectivity index (χ3v) is 6.66. The summed E-state index contributed by atoms with van der Waals surface area (Å²) in [6.45, 7) is 3.37. The molecule has 2 aromatic carbocycles. The van der Waals surface area contributed by atoms with Gasteiger partial charge < -0.3 is 10.4 Å². The molecular formula is C25H32N2O2. The van der Waals surface area contributed by atoms with E-state index in [0.717, 1.165) is 25.4 Å². The van der Waals surface area contributed by atoms with E-state index in [-0.39, 0.29) is 12.5 Å². The van der Waals surface area contributed by atoms with Crippen molar-refractivity contribution in [3.8, 4) is 0 Å². The second kappa shape index (κ2) is 9.55. The second-order valence-corrected chi connectivity index (χ2v) is 8.77. The zero-order valence-corrected chi connectivity index (χ0v) is 17.0. The van der Waals surface area contributed by atoms with Gasteiger partial charge in [-0.05, 0) is 48.6 Å². The van der Waals surface area contributed by atoms with Crippen molar-refractivity contribution in [1.29, 1.82) is 0 Å². The third-order valence-electron chi connectivity index (χ3n) is 6.66. The molecule has 1 saturated heterocycles. The molecular weight excluding hydrogens is 360 g/mol. The van der Waals surface area contributed by atoms with Crippen LogP contribution in [-0.4, -0.2) is 41.1 Å². The number of rotatable bonds is 9. The van der Waals surface area contributed by atoms with E-state index >= 15 is 0 Å². The van der Waals surface area contributed by atoms with Gasteiger partial charge in [-0.15, -0.1) is 0 Å². The summed E-state index contributed by atoms with van der Waals surface area (Å²) < 4.78 is 0. The summed E-state index contributed by atoms with van der Waals surface area (Å²) in [5.74, 6) is 0.749. The Morgan fingerprint density at radius 1 is 1.00 bits per heavy atom. The number of benzene rings is 2. The van der Waals surface area contributed by atoms with Crippen molar-refractivity contribution in [2.24, 2.45) is 11.8 Å². The monoisotopic (exact) mass is 392 g/mol. The van der Waals surface area contributed by atoms with Gasteiger partial charge in [-0.25, -0.2) is 0 Å². The van der Waals surface area contributed by atoms with E-state index in [9.17, 15) is 9.90 Å². The van der Waals surface area contributed by atoms with Crippen LogP contribution >= 0.6 is 0 Å². The van der Waals surface area contributed by atoms with Gasteiger partial charge in [0.1, 0.15) is 0 Å². The minimum atomic E-state index is -0.705. The fraction of sp³-hybridized carbons (Fsp3) is 0.480. The van der Waals surface area contributed by atoms with Crippen molar-refractivity contribution in [3.05, 3.63) is 71.8 Å². The highest BCUT2D eigenvalue weighted by molar-refractivity contribution is 5.66. The van der Waals surface area contributed by atoms with Crippen molar-refractivity contribution >= 4 is 5.97 Å². The topological polar surface area (TPSA) is 52.6 Å². The Kier molecular flexibility index (Phi) is 6.63. The van der Waals surface area contributed by atoms with Crippen LogP contribution in [-0.2, 0) is 17.8 Å². The lowest BCUT2D eigenvalue weighted by Gasteiger charge is -2.27. The molecule has 0 amide bonds. The Labute approximate surface area is 173 Å². The van der Waals surface area contributed by atoms with Crippen LogP contribution in [0.15, 0.2) is 60.7 Å². The Balaban J connectivity index is 1.36. The number of hydrogen-bond acceptors (Lipinski definition) is 3. The van der Waals surface area contributed by atoms with Crippen molar-refractivity contribution in [1.82, 2.24) is 10.2 Å². The largest absolute Gasteiger partial charge is 0.481 e. The fourth-order valence-corrected chi connectivity index (χ4v) is 5.28. The molecule has 4 unspecified atom stereocenters. The number of likely N-dealkylation sites (tertiary alicyclic amines) is 1. The van der Waals surface area contributed by atoms with Gasteiger partial charge in [0, 0.05) is 38.1 Å². The molecule has 29 heavy (non-hydrogen) atoms. The average molecular weight is 393 g/mol. The molecule has 1 heterocycles. The van der Waals surface area contributed by atoms with Gasteiger partial charge in [-0.2, -0.15) is 0 Å². The van der Waals surface area contributed by atoms with E-state index in [2.05, 4.69) is 64.8 Å². The normalized spacial score (nSPS) is 25.0. The van der Waals surface area contributed by atoms with Crippen LogP contribution in [0.2, 0.25) is 0 Å². The Hall–Kier alpha value is -2.17. The number of carboxylic acid groups (broad SMARTS) is 1. The van der Waals surface area contributed by atoms with Crippen molar-refractivity contribution in [2.75, 3.05) is 13.1 Å². The maximum atomic E-state index is 11.2. The summed E-state index contributed by atoms with van der Waals surface area (Å²) in [7, 11) is 0. The molecule has 1 saturated carbocycles. The highest BCUT2D eigenvalue weighted by atomic mass is 16.4. The second-order valence-electron chi connectivity index (χ2n) is 8.77. The molecule has 0 radical (unpaired) electrons. The minimum absolute atomic E-state index is 0.223. The van der Waals surface area contributed by atoms with E-state index in [1.807, 2.05) is 6.07 Å². The summed E-state index contributed by atoms with van der Waals surface area (Å²) in [6.07, 6.45) is 4.31. The lowest BCUT2D eigenvalue weighted by molar-refractivity contribution is -0.137. The highest BCUT2D eigenvalue weighted by Gasteiger charge is 2.42. The Morgan fingerprint density at radius 2 is 1.69 bits per heavy atom. The highest BCUT2D eigenvalue weighted by Crippen LogP contribution is 2.39. The summed E-state index contributed by atoms with van der Waals surface area (Å²) in [5, 5.41) is 13.1. The molecule has 4 rings (SSSR count). The van der Waals surface area contributed by atoms with Gasteiger partial charge in [0.05, 0.1) is 0 Å². The lowest BCUT2D eigenvalue weighted by atomic mass is 9.95. The average Bonchev–Trinajstić information content (AvgIpc) is 3.29. The van der Waals surface area contributed by atoms with Crippen molar-refractivity contribution < 1.29 is 9.90 Å². The molecule has 2 aliphatic rings. The Morgan fingerprint density at radius 3 is 2.38 bits per heavy atom. The van der Waals surface area contributed by atoms with E-state index in [4.69, 9.17) is 0 Å². The molecule has 4 atom stereocenters. The smallest absolute Gasteiger partial charge is 0.303 e.